The summed E-state index contributed by atoms with van der Waals surface area (Å²) in [5.41, 5.74) is -2.55. The summed E-state index contributed by atoms with van der Waals surface area (Å²) >= 11 is 0. The number of benzene rings is 1. The number of Topliss-reactive ketones (excluding diaryl/α,β-unsaturated/α-hetero) is 1. The third kappa shape index (κ3) is 8.06. The first-order valence-corrected chi connectivity index (χ1v) is 14.4. The van der Waals surface area contributed by atoms with Crippen molar-refractivity contribution in [1.82, 2.24) is 14.6 Å². The number of nitrogens with one attached hydrogen (secondary N) is 2. The Morgan fingerprint density at radius 2 is 1.98 bits per heavy atom. The molecule has 40 heavy (non-hydrogen) atoms. The number of aryl methyl sites for hydroxylation is 1. The summed E-state index contributed by atoms with van der Waals surface area (Å²) in [5, 5.41) is 13.2. The molecule has 0 radical (unpaired) electrons. The first kappa shape index (κ1) is 31.6. The van der Waals surface area contributed by atoms with E-state index in [4.69, 9.17) is 18.5 Å². The molecule has 1 aromatic carbocycles. The smallest absolute Gasteiger partial charge is 0.413 e. The number of ketones is 1. The molecule has 220 valence electrons. The second-order valence-corrected chi connectivity index (χ2v) is 11.9. The summed E-state index contributed by atoms with van der Waals surface area (Å²) in [6.07, 6.45) is -2.06. The van der Waals surface area contributed by atoms with Crippen LogP contribution >= 0.6 is 7.75 Å². The van der Waals surface area contributed by atoms with E-state index in [1.807, 2.05) is 0 Å². The third-order valence-electron chi connectivity index (χ3n) is 6.29. The van der Waals surface area contributed by atoms with Crippen molar-refractivity contribution in [3.63, 3.8) is 0 Å². The Hall–Kier alpha value is -2.93. The lowest BCUT2D eigenvalue weighted by Crippen LogP contribution is -2.48. The number of hydrogen-bond acceptors (Lipinski definition) is 10. The monoisotopic (exact) mass is 581 g/mol. The molecule has 0 saturated carbocycles. The number of carbonyl (C=O) groups excluding carboxylic acids is 2. The number of aromatic nitrogens is 2. The van der Waals surface area contributed by atoms with Crippen LogP contribution in [0.2, 0.25) is 0 Å². The summed E-state index contributed by atoms with van der Waals surface area (Å²) in [5.74, 6) is -0.261. The van der Waals surface area contributed by atoms with E-state index in [0.717, 1.165) is 4.57 Å². The number of carbonyl (C=O) groups is 2. The SMILES string of the molecule is Cc1cn([C@H]2C[C@H](O)[C@@H](CO[P@@](=O)(N[C@@](C)(C=O)CO[C@@H](C)C(=O)C(C)C)Oc3ccccc3)O2)c(=O)[nH]c1=O. The molecule has 1 fully saturated rings. The summed E-state index contributed by atoms with van der Waals surface area (Å²) in [7, 11) is -4.33. The van der Waals surface area contributed by atoms with E-state index in [1.54, 1.807) is 39.0 Å². The predicted octanol–water partition coefficient (Wildman–Crippen LogP) is 1.87. The van der Waals surface area contributed by atoms with Gasteiger partial charge in [-0.15, -0.1) is 0 Å². The van der Waals surface area contributed by atoms with Gasteiger partial charge in [0.15, 0.2) is 5.78 Å². The van der Waals surface area contributed by atoms with E-state index in [-0.39, 0.29) is 36.0 Å². The number of hydrogen-bond donors (Lipinski definition) is 3. The average Bonchev–Trinajstić information content (AvgIpc) is 3.28. The summed E-state index contributed by atoms with van der Waals surface area (Å²) in [6, 6.07) is 8.11. The molecular weight excluding hydrogens is 545 g/mol. The van der Waals surface area contributed by atoms with Gasteiger partial charge in [0.05, 0.1) is 19.3 Å². The molecule has 1 aromatic heterocycles. The van der Waals surface area contributed by atoms with E-state index < -0.39 is 55.7 Å². The van der Waals surface area contributed by atoms with Crippen LogP contribution in [-0.2, 0) is 28.2 Å². The molecule has 6 atom stereocenters. The Morgan fingerprint density at radius 3 is 2.60 bits per heavy atom. The predicted molar refractivity (Wildman–Crippen MR) is 144 cm³/mol. The fraction of sp³-hybridized carbons (Fsp3) is 0.538. The van der Waals surface area contributed by atoms with Crippen LogP contribution in [0.15, 0.2) is 46.1 Å². The molecular formula is C26H36N3O10P. The van der Waals surface area contributed by atoms with Gasteiger partial charge in [0, 0.05) is 24.1 Å². The molecule has 2 aromatic rings. The number of nitrogens with zero attached hydrogens (tertiary/aromatic N) is 1. The van der Waals surface area contributed by atoms with Crippen LogP contribution in [0.4, 0.5) is 0 Å². The van der Waals surface area contributed by atoms with Crippen LogP contribution in [0.5, 0.6) is 5.75 Å². The molecule has 1 aliphatic rings. The Balaban J connectivity index is 1.77. The van der Waals surface area contributed by atoms with Gasteiger partial charge < -0.3 is 23.9 Å². The number of aliphatic hydroxyl groups excluding tert-OH is 1. The molecule has 0 amide bonds. The highest BCUT2D eigenvalue weighted by atomic mass is 31.2. The van der Waals surface area contributed by atoms with E-state index in [9.17, 15) is 28.8 Å². The fourth-order valence-corrected chi connectivity index (χ4v) is 5.61. The van der Waals surface area contributed by atoms with Gasteiger partial charge in [0.1, 0.15) is 36.0 Å². The van der Waals surface area contributed by atoms with E-state index >= 15 is 0 Å². The van der Waals surface area contributed by atoms with Crippen molar-refractivity contribution in [1.29, 1.82) is 0 Å². The highest BCUT2D eigenvalue weighted by molar-refractivity contribution is 7.52. The third-order valence-corrected chi connectivity index (χ3v) is 8.02. The van der Waals surface area contributed by atoms with Gasteiger partial charge >= 0.3 is 13.4 Å². The van der Waals surface area contributed by atoms with E-state index in [1.165, 1.54) is 32.2 Å². The molecule has 13 nitrogen and oxygen atoms in total. The quantitative estimate of drug-likeness (QED) is 0.219. The van der Waals surface area contributed by atoms with E-state index in [0.29, 0.717) is 6.29 Å². The molecule has 0 unspecified atom stereocenters. The van der Waals surface area contributed by atoms with Crippen molar-refractivity contribution in [3.05, 3.63) is 62.9 Å². The Labute approximate surface area is 231 Å². The minimum atomic E-state index is -4.33. The highest BCUT2D eigenvalue weighted by Crippen LogP contribution is 2.47. The number of H-pyrrole nitrogens is 1. The topological polar surface area (TPSA) is 175 Å². The lowest BCUT2D eigenvalue weighted by molar-refractivity contribution is -0.135. The number of para-hydroxylation sites is 1. The van der Waals surface area contributed by atoms with Gasteiger partial charge in [0.25, 0.3) is 5.56 Å². The maximum Gasteiger partial charge on any atom is 0.459 e. The Bertz CT molecular complexity index is 1340. The first-order valence-electron chi connectivity index (χ1n) is 12.8. The van der Waals surface area contributed by atoms with Crippen molar-refractivity contribution in [2.24, 2.45) is 5.92 Å². The van der Waals surface area contributed by atoms with Crippen molar-refractivity contribution in [2.75, 3.05) is 13.2 Å². The molecule has 2 heterocycles. The normalized spacial score (nSPS) is 22.8. The number of aliphatic hydroxyl groups is 1. The van der Waals surface area contributed by atoms with Crippen molar-refractivity contribution < 1.29 is 37.8 Å². The van der Waals surface area contributed by atoms with Crippen LogP contribution in [0, 0.1) is 12.8 Å². The minimum absolute atomic E-state index is 0.00164. The first-order chi connectivity index (χ1) is 18.8. The summed E-state index contributed by atoms with van der Waals surface area (Å²) in [6.45, 7) is 7.20. The standard InChI is InChI=1S/C26H36N3O10P/c1-16(2)23(32)18(4)36-15-26(5,14-30)28-40(35,39-19-9-7-6-8-10-19)37-13-21-20(31)11-22(38-21)29-12-17(3)24(33)27-25(29)34/h6-10,12,14,16,18,20-22,31H,11,13,15H2,1-5H3,(H,28,35)(H,27,33,34)/t18-,20-,21+,22+,26-,40-/m0/s1. The van der Waals surface area contributed by atoms with Gasteiger partial charge in [-0.3, -0.25) is 23.7 Å². The zero-order valence-electron chi connectivity index (χ0n) is 23.1. The van der Waals surface area contributed by atoms with Crippen LogP contribution < -0.4 is 20.9 Å². The van der Waals surface area contributed by atoms with Crippen LogP contribution in [0.1, 0.15) is 45.9 Å². The van der Waals surface area contributed by atoms with Crippen LogP contribution in [0.25, 0.3) is 0 Å². The summed E-state index contributed by atoms with van der Waals surface area (Å²) < 4.78 is 37.8. The second kappa shape index (κ2) is 13.2. The highest BCUT2D eigenvalue weighted by Gasteiger charge is 2.42. The van der Waals surface area contributed by atoms with Crippen molar-refractivity contribution >= 4 is 19.8 Å². The van der Waals surface area contributed by atoms with Gasteiger partial charge in [-0.25, -0.2) is 9.36 Å². The minimum Gasteiger partial charge on any atom is -0.413 e. The molecule has 3 rings (SSSR count). The average molecular weight is 582 g/mol. The van der Waals surface area contributed by atoms with Gasteiger partial charge in [-0.05, 0) is 32.9 Å². The second-order valence-electron chi connectivity index (χ2n) is 10.3. The Kier molecular flexibility index (Phi) is 10.4. The largest absolute Gasteiger partial charge is 0.459 e. The molecule has 1 aliphatic heterocycles. The van der Waals surface area contributed by atoms with Crippen molar-refractivity contribution in [3.8, 4) is 5.75 Å². The van der Waals surface area contributed by atoms with Crippen molar-refractivity contribution in [2.45, 2.75) is 71.1 Å². The summed E-state index contributed by atoms with van der Waals surface area (Å²) in [4.78, 5) is 50.5. The van der Waals surface area contributed by atoms with Crippen LogP contribution in [0.3, 0.4) is 0 Å². The number of aldehydes is 1. The maximum atomic E-state index is 13.9. The Morgan fingerprint density at radius 1 is 1.30 bits per heavy atom. The van der Waals surface area contributed by atoms with E-state index in [2.05, 4.69) is 10.1 Å². The molecule has 0 spiro atoms. The fourth-order valence-electron chi connectivity index (χ4n) is 3.96. The van der Waals surface area contributed by atoms with Gasteiger partial charge in [-0.2, -0.15) is 5.09 Å². The molecule has 3 N–H and O–H groups in total. The molecule has 0 aliphatic carbocycles. The molecule has 0 bridgehead atoms. The number of ether oxygens (including phenoxy) is 2. The lowest BCUT2D eigenvalue weighted by atomic mass is 10.0. The zero-order valence-corrected chi connectivity index (χ0v) is 24.0. The van der Waals surface area contributed by atoms with Gasteiger partial charge in [-0.1, -0.05) is 32.0 Å². The van der Waals surface area contributed by atoms with Crippen LogP contribution in [-0.4, -0.2) is 63.8 Å². The number of aromatic amines is 1. The zero-order chi connectivity index (χ0) is 29.7. The number of rotatable bonds is 14. The van der Waals surface area contributed by atoms with Gasteiger partial charge in [0.2, 0.25) is 0 Å². The molecule has 14 heteroatoms. The maximum absolute atomic E-state index is 13.9. The lowest BCUT2D eigenvalue weighted by Gasteiger charge is -2.31. The molecule has 1 saturated heterocycles.